The lowest BCUT2D eigenvalue weighted by Crippen LogP contribution is -2.39. The van der Waals surface area contributed by atoms with Crippen LogP contribution in [0.3, 0.4) is 0 Å². The van der Waals surface area contributed by atoms with E-state index in [4.69, 9.17) is 4.52 Å². The third-order valence-electron chi connectivity index (χ3n) is 3.02. The number of amides is 1. The van der Waals surface area contributed by atoms with E-state index in [1.807, 2.05) is 0 Å². The third kappa shape index (κ3) is 1.99. The summed E-state index contributed by atoms with van der Waals surface area (Å²) in [6.07, 6.45) is 5.67. The molecule has 0 N–H and O–H groups in total. The summed E-state index contributed by atoms with van der Waals surface area (Å²) in [6, 6.07) is -0.119. The molecule has 2 aromatic rings. The average molecular weight is 265 g/mol. The van der Waals surface area contributed by atoms with Gasteiger partial charge in [-0.05, 0) is 19.3 Å². The number of piperidine rings is 1. The highest BCUT2D eigenvalue weighted by Crippen LogP contribution is 2.29. The van der Waals surface area contributed by atoms with Crippen LogP contribution in [0.15, 0.2) is 17.1 Å². The molecular formula is C10H11N5O2S. The molecule has 0 aliphatic carbocycles. The Morgan fingerprint density at radius 2 is 2.44 bits per heavy atom. The quantitative estimate of drug-likeness (QED) is 0.813. The smallest absolute Gasteiger partial charge is 0.275 e. The Morgan fingerprint density at radius 3 is 3.17 bits per heavy atom. The van der Waals surface area contributed by atoms with Gasteiger partial charge in [0.2, 0.25) is 6.39 Å². The zero-order valence-electron chi connectivity index (χ0n) is 9.52. The van der Waals surface area contributed by atoms with Gasteiger partial charge in [-0.1, -0.05) is 5.16 Å². The molecule has 18 heavy (non-hydrogen) atoms. The SMILES string of the molecule is O=C(c1cnsn1)N1CCCCC1c1ncon1. The van der Waals surface area contributed by atoms with E-state index in [9.17, 15) is 4.79 Å². The van der Waals surface area contributed by atoms with Crippen LogP contribution in [-0.2, 0) is 0 Å². The number of hydrogen-bond donors (Lipinski definition) is 0. The van der Waals surface area contributed by atoms with Crippen LogP contribution in [0.25, 0.3) is 0 Å². The molecule has 8 heteroatoms. The van der Waals surface area contributed by atoms with Crippen molar-refractivity contribution in [2.45, 2.75) is 25.3 Å². The van der Waals surface area contributed by atoms with E-state index in [1.54, 1.807) is 4.90 Å². The Labute approximate surface area is 107 Å². The van der Waals surface area contributed by atoms with Gasteiger partial charge in [0.25, 0.3) is 5.91 Å². The molecule has 1 fully saturated rings. The van der Waals surface area contributed by atoms with Crippen molar-refractivity contribution in [3.63, 3.8) is 0 Å². The van der Waals surface area contributed by atoms with Crippen molar-refractivity contribution in [2.75, 3.05) is 6.54 Å². The molecule has 1 unspecified atom stereocenters. The van der Waals surface area contributed by atoms with Gasteiger partial charge in [-0.25, -0.2) is 0 Å². The van der Waals surface area contributed by atoms with E-state index in [2.05, 4.69) is 18.9 Å². The van der Waals surface area contributed by atoms with Crippen LogP contribution in [0.4, 0.5) is 0 Å². The molecule has 7 nitrogen and oxygen atoms in total. The van der Waals surface area contributed by atoms with E-state index in [0.29, 0.717) is 18.1 Å². The summed E-state index contributed by atoms with van der Waals surface area (Å²) in [4.78, 5) is 18.1. The highest BCUT2D eigenvalue weighted by atomic mass is 32.1. The highest BCUT2D eigenvalue weighted by Gasteiger charge is 2.32. The summed E-state index contributed by atoms with van der Waals surface area (Å²) >= 11 is 1.03. The lowest BCUT2D eigenvalue weighted by molar-refractivity contribution is 0.0592. The minimum absolute atomic E-state index is 0.113. The molecule has 1 amide bonds. The first-order chi connectivity index (χ1) is 8.86. The van der Waals surface area contributed by atoms with Crippen molar-refractivity contribution in [3.05, 3.63) is 24.1 Å². The molecule has 1 atom stereocenters. The van der Waals surface area contributed by atoms with Gasteiger partial charge in [0, 0.05) is 6.54 Å². The van der Waals surface area contributed by atoms with Crippen LogP contribution < -0.4 is 0 Å². The summed E-state index contributed by atoms with van der Waals surface area (Å²) in [5.74, 6) is 0.449. The minimum atomic E-state index is -0.119. The van der Waals surface area contributed by atoms with Gasteiger partial charge in [0.1, 0.15) is 0 Å². The predicted octanol–water partition coefficient (Wildman–Crippen LogP) is 1.29. The van der Waals surface area contributed by atoms with Crippen LogP contribution >= 0.6 is 11.7 Å². The molecule has 0 radical (unpaired) electrons. The molecule has 2 aromatic heterocycles. The number of likely N-dealkylation sites (tertiary alicyclic amines) is 1. The third-order valence-corrected chi connectivity index (χ3v) is 3.50. The Bertz CT molecular complexity index is 512. The van der Waals surface area contributed by atoms with Crippen LogP contribution in [0, 0.1) is 0 Å². The van der Waals surface area contributed by atoms with Crippen LogP contribution in [0.2, 0.25) is 0 Å². The van der Waals surface area contributed by atoms with Crippen molar-refractivity contribution in [2.24, 2.45) is 0 Å². The first kappa shape index (κ1) is 11.3. The average Bonchev–Trinajstić information content (AvgIpc) is 3.11. The summed E-state index contributed by atoms with van der Waals surface area (Å²) < 4.78 is 12.6. The van der Waals surface area contributed by atoms with E-state index in [1.165, 1.54) is 12.6 Å². The summed E-state index contributed by atoms with van der Waals surface area (Å²) in [5, 5.41) is 3.84. The lowest BCUT2D eigenvalue weighted by Gasteiger charge is -2.33. The normalized spacial score (nSPS) is 20.0. The van der Waals surface area contributed by atoms with Gasteiger partial charge >= 0.3 is 0 Å². The zero-order chi connectivity index (χ0) is 12.4. The van der Waals surface area contributed by atoms with Crippen molar-refractivity contribution in [1.82, 2.24) is 23.8 Å². The van der Waals surface area contributed by atoms with Gasteiger partial charge in [0.15, 0.2) is 11.5 Å². The molecule has 94 valence electrons. The van der Waals surface area contributed by atoms with Gasteiger partial charge < -0.3 is 9.42 Å². The molecule has 0 aromatic carbocycles. The zero-order valence-corrected chi connectivity index (χ0v) is 10.3. The molecule has 1 aliphatic heterocycles. The monoisotopic (exact) mass is 265 g/mol. The number of nitrogens with zero attached hydrogens (tertiary/aromatic N) is 5. The maximum Gasteiger partial charge on any atom is 0.275 e. The van der Waals surface area contributed by atoms with Crippen molar-refractivity contribution < 1.29 is 9.32 Å². The fourth-order valence-electron chi connectivity index (χ4n) is 2.17. The van der Waals surface area contributed by atoms with Gasteiger partial charge in [-0.15, -0.1) is 0 Å². The van der Waals surface area contributed by atoms with Crippen LogP contribution in [-0.4, -0.2) is 36.2 Å². The highest BCUT2D eigenvalue weighted by molar-refractivity contribution is 6.99. The molecule has 0 bridgehead atoms. The van der Waals surface area contributed by atoms with Gasteiger partial charge in [-0.2, -0.15) is 13.7 Å². The van der Waals surface area contributed by atoms with E-state index < -0.39 is 0 Å². The number of aromatic nitrogens is 4. The number of carbonyl (C=O) groups is 1. The number of hydrogen-bond acceptors (Lipinski definition) is 7. The molecule has 0 spiro atoms. The molecule has 1 saturated heterocycles. The number of carbonyl (C=O) groups excluding carboxylic acids is 1. The largest absolute Gasteiger partial charge is 0.343 e. The summed E-state index contributed by atoms with van der Waals surface area (Å²) in [7, 11) is 0. The van der Waals surface area contributed by atoms with Gasteiger partial charge in [-0.3, -0.25) is 4.79 Å². The maximum atomic E-state index is 12.3. The molecular weight excluding hydrogens is 254 g/mol. The Morgan fingerprint density at radius 1 is 1.50 bits per heavy atom. The number of rotatable bonds is 2. The fourth-order valence-corrected chi connectivity index (χ4v) is 2.58. The Balaban J connectivity index is 1.86. The van der Waals surface area contributed by atoms with Gasteiger partial charge in [0.05, 0.1) is 24.0 Å². The molecule has 3 rings (SSSR count). The van der Waals surface area contributed by atoms with Crippen LogP contribution in [0.1, 0.15) is 41.6 Å². The molecule has 3 heterocycles. The van der Waals surface area contributed by atoms with Crippen molar-refractivity contribution in [1.29, 1.82) is 0 Å². The van der Waals surface area contributed by atoms with Crippen molar-refractivity contribution in [3.8, 4) is 0 Å². The van der Waals surface area contributed by atoms with Crippen LogP contribution in [0.5, 0.6) is 0 Å². The maximum absolute atomic E-state index is 12.3. The first-order valence-corrected chi connectivity index (χ1v) is 6.44. The first-order valence-electron chi connectivity index (χ1n) is 5.71. The summed E-state index contributed by atoms with van der Waals surface area (Å²) in [6.45, 7) is 0.690. The Kier molecular flexibility index (Phi) is 3.01. The molecule has 1 aliphatic rings. The second kappa shape index (κ2) is 4.81. The Hall–Kier alpha value is -1.83. The second-order valence-electron chi connectivity index (χ2n) is 4.09. The van der Waals surface area contributed by atoms with E-state index in [0.717, 1.165) is 31.0 Å². The fraction of sp³-hybridized carbons (Fsp3) is 0.500. The van der Waals surface area contributed by atoms with Crippen molar-refractivity contribution >= 4 is 17.6 Å². The summed E-state index contributed by atoms with van der Waals surface area (Å²) in [5.41, 5.74) is 0.385. The van der Waals surface area contributed by atoms with E-state index >= 15 is 0 Å². The predicted molar refractivity (Wildman–Crippen MR) is 61.8 cm³/mol. The lowest BCUT2D eigenvalue weighted by atomic mass is 10.0. The minimum Gasteiger partial charge on any atom is -0.343 e. The second-order valence-corrected chi connectivity index (χ2v) is 4.65. The molecule has 0 saturated carbocycles. The van der Waals surface area contributed by atoms with E-state index in [-0.39, 0.29) is 11.9 Å². The topological polar surface area (TPSA) is 85.0 Å². The standard InChI is InChI=1S/C10H11N5O2S/c16-10(7-5-12-18-14-7)15-4-2-1-3-8(15)9-11-6-17-13-9/h5-6,8H,1-4H2.